The van der Waals surface area contributed by atoms with Gasteiger partial charge in [0.2, 0.25) is 0 Å². The normalized spacial score (nSPS) is 16.0. The first-order chi connectivity index (χ1) is 14.2. The standard InChI is InChI=1S/C23H27NO4S/c1-27-20-14-12-18(15-21(20)28-2)29-22-17(11-13-19(22)23(25)24-26)10-6-9-16-7-4-3-5-8-16/h3-5,7-8,12,14-15,17,26H,6,9-11,13H2,1-2H3,(H,24,25). The lowest BCUT2D eigenvalue weighted by atomic mass is 9.99. The Morgan fingerprint density at radius 1 is 1.14 bits per heavy atom. The largest absolute Gasteiger partial charge is 0.493 e. The summed E-state index contributed by atoms with van der Waals surface area (Å²) in [6.07, 6.45) is 4.68. The van der Waals surface area contributed by atoms with Crippen molar-refractivity contribution in [1.82, 2.24) is 5.48 Å². The van der Waals surface area contributed by atoms with Gasteiger partial charge < -0.3 is 9.47 Å². The maximum absolute atomic E-state index is 12.2. The molecule has 1 aliphatic rings. The number of hydrogen-bond donors (Lipinski definition) is 2. The quantitative estimate of drug-likeness (QED) is 0.448. The lowest BCUT2D eigenvalue weighted by Gasteiger charge is -2.16. The fraction of sp³-hybridized carbons (Fsp3) is 0.348. The van der Waals surface area contributed by atoms with Crippen molar-refractivity contribution in [3.63, 3.8) is 0 Å². The van der Waals surface area contributed by atoms with E-state index in [9.17, 15) is 4.79 Å². The number of amides is 1. The summed E-state index contributed by atoms with van der Waals surface area (Å²) in [5, 5.41) is 9.16. The van der Waals surface area contributed by atoms with E-state index in [1.54, 1.807) is 26.0 Å². The summed E-state index contributed by atoms with van der Waals surface area (Å²) in [7, 11) is 3.22. The first-order valence-electron chi connectivity index (χ1n) is 9.77. The van der Waals surface area contributed by atoms with Gasteiger partial charge in [0.25, 0.3) is 5.91 Å². The molecule has 1 aliphatic carbocycles. The van der Waals surface area contributed by atoms with Crippen LogP contribution in [0.1, 0.15) is 31.2 Å². The molecule has 0 aliphatic heterocycles. The highest BCUT2D eigenvalue weighted by atomic mass is 32.2. The van der Waals surface area contributed by atoms with E-state index in [-0.39, 0.29) is 0 Å². The van der Waals surface area contributed by atoms with E-state index in [4.69, 9.17) is 14.7 Å². The topological polar surface area (TPSA) is 67.8 Å². The third kappa shape index (κ3) is 5.34. The second-order valence-electron chi connectivity index (χ2n) is 7.02. The van der Waals surface area contributed by atoms with Crippen LogP contribution in [-0.2, 0) is 11.2 Å². The van der Waals surface area contributed by atoms with Gasteiger partial charge in [0, 0.05) is 15.4 Å². The Bertz CT molecular complexity index is 866. The van der Waals surface area contributed by atoms with E-state index in [0.29, 0.717) is 29.4 Å². The molecule has 29 heavy (non-hydrogen) atoms. The molecule has 5 nitrogen and oxygen atoms in total. The molecular weight excluding hydrogens is 386 g/mol. The molecule has 0 heterocycles. The van der Waals surface area contributed by atoms with Crippen molar-refractivity contribution in [1.29, 1.82) is 0 Å². The van der Waals surface area contributed by atoms with E-state index >= 15 is 0 Å². The van der Waals surface area contributed by atoms with Gasteiger partial charge in [-0.3, -0.25) is 10.0 Å². The number of ether oxygens (including phenoxy) is 2. The summed E-state index contributed by atoms with van der Waals surface area (Å²) >= 11 is 1.58. The van der Waals surface area contributed by atoms with Crippen LogP contribution in [0.4, 0.5) is 0 Å². The lowest BCUT2D eigenvalue weighted by molar-refractivity contribution is -0.125. The Morgan fingerprint density at radius 2 is 1.90 bits per heavy atom. The van der Waals surface area contributed by atoms with Crippen molar-refractivity contribution in [2.45, 2.75) is 37.0 Å². The van der Waals surface area contributed by atoms with Gasteiger partial charge >= 0.3 is 0 Å². The number of hydroxylamine groups is 1. The Hall–Kier alpha value is -2.44. The molecule has 0 bridgehead atoms. The highest BCUT2D eigenvalue weighted by Crippen LogP contribution is 2.46. The SMILES string of the molecule is COc1ccc(SC2=C(C(=O)NO)CCC2CCCc2ccccc2)cc1OC. The van der Waals surface area contributed by atoms with Gasteiger partial charge in [-0.05, 0) is 61.8 Å². The number of aryl methyl sites for hydroxylation is 1. The van der Waals surface area contributed by atoms with Crippen LogP contribution < -0.4 is 15.0 Å². The second kappa shape index (κ2) is 10.4. The van der Waals surface area contributed by atoms with Crippen LogP contribution >= 0.6 is 11.8 Å². The molecule has 0 saturated carbocycles. The number of thioether (sulfide) groups is 1. The number of methoxy groups -OCH3 is 2. The first-order valence-corrected chi connectivity index (χ1v) is 10.6. The fourth-order valence-corrected chi connectivity index (χ4v) is 5.01. The third-order valence-electron chi connectivity index (χ3n) is 5.23. The zero-order valence-corrected chi connectivity index (χ0v) is 17.6. The van der Waals surface area contributed by atoms with E-state index in [2.05, 4.69) is 24.3 Å². The van der Waals surface area contributed by atoms with Crippen LogP contribution in [0.25, 0.3) is 0 Å². The van der Waals surface area contributed by atoms with Crippen LogP contribution in [-0.4, -0.2) is 25.3 Å². The molecular formula is C23H27NO4S. The molecule has 2 aromatic rings. The number of allylic oxidation sites excluding steroid dienone is 1. The number of carbonyl (C=O) groups is 1. The van der Waals surface area contributed by atoms with Gasteiger partial charge in [-0.15, -0.1) is 0 Å². The van der Waals surface area contributed by atoms with E-state index in [1.807, 2.05) is 29.7 Å². The third-order valence-corrected chi connectivity index (χ3v) is 6.52. The number of nitrogens with one attached hydrogen (secondary N) is 1. The molecule has 0 radical (unpaired) electrons. The summed E-state index contributed by atoms with van der Waals surface area (Å²) < 4.78 is 10.7. The maximum Gasteiger partial charge on any atom is 0.271 e. The summed E-state index contributed by atoms with van der Waals surface area (Å²) in [6, 6.07) is 16.2. The van der Waals surface area contributed by atoms with Gasteiger partial charge in [0.15, 0.2) is 11.5 Å². The molecule has 0 aromatic heterocycles. The van der Waals surface area contributed by atoms with Crippen molar-refractivity contribution >= 4 is 17.7 Å². The molecule has 1 atom stereocenters. The van der Waals surface area contributed by atoms with Crippen LogP contribution in [0.3, 0.4) is 0 Å². The first kappa shape index (κ1) is 21.3. The van der Waals surface area contributed by atoms with Crippen LogP contribution in [0.15, 0.2) is 63.9 Å². The van der Waals surface area contributed by atoms with E-state index in [1.165, 1.54) is 5.56 Å². The average molecular weight is 414 g/mol. The predicted octanol–water partition coefficient (Wildman–Crippen LogP) is 4.99. The summed E-state index contributed by atoms with van der Waals surface area (Å²) in [4.78, 5) is 14.2. The zero-order chi connectivity index (χ0) is 20.6. The van der Waals surface area contributed by atoms with Crippen LogP contribution in [0.5, 0.6) is 11.5 Å². The second-order valence-corrected chi connectivity index (χ2v) is 8.13. The van der Waals surface area contributed by atoms with Gasteiger partial charge in [-0.25, -0.2) is 5.48 Å². The highest BCUT2D eigenvalue weighted by molar-refractivity contribution is 8.03. The zero-order valence-electron chi connectivity index (χ0n) is 16.8. The van der Waals surface area contributed by atoms with Gasteiger partial charge in [-0.2, -0.15) is 0 Å². The smallest absolute Gasteiger partial charge is 0.271 e. The predicted molar refractivity (Wildman–Crippen MR) is 114 cm³/mol. The molecule has 154 valence electrons. The average Bonchev–Trinajstić information content (AvgIpc) is 3.16. The summed E-state index contributed by atoms with van der Waals surface area (Å²) in [5.74, 6) is 1.23. The van der Waals surface area contributed by atoms with Crippen molar-refractivity contribution in [3.05, 3.63) is 64.6 Å². The van der Waals surface area contributed by atoms with Gasteiger partial charge in [0.1, 0.15) is 0 Å². The highest BCUT2D eigenvalue weighted by Gasteiger charge is 2.30. The van der Waals surface area contributed by atoms with Crippen molar-refractivity contribution in [2.24, 2.45) is 5.92 Å². The number of carbonyl (C=O) groups excluding carboxylic acids is 1. The van der Waals surface area contributed by atoms with Gasteiger partial charge in [-0.1, -0.05) is 42.1 Å². The molecule has 2 N–H and O–H groups in total. The molecule has 0 spiro atoms. The van der Waals surface area contributed by atoms with E-state index < -0.39 is 5.91 Å². The Balaban J connectivity index is 1.75. The molecule has 1 unspecified atom stereocenters. The van der Waals surface area contributed by atoms with Crippen molar-refractivity contribution < 1.29 is 19.5 Å². The van der Waals surface area contributed by atoms with E-state index in [0.717, 1.165) is 35.5 Å². The van der Waals surface area contributed by atoms with Gasteiger partial charge in [0.05, 0.1) is 14.2 Å². The van der Waals surface area contributed by atoms with Crippen molar-refractivity contribution in [3.8, 4) is 11.5 Å². The lowest BCUT2D eigenvalue weighted by Crippen LogP contribution is -2.20. The Kier molecular flexibility index (Phi) is 7.61. The maximum atomic E-state index is 12.2. The number of benzene rings is 2. The minimum atomic E-state index is -0.404. The summed E-state index contributed by atoms with van der Waals surface area (Å²) in [5.41, 5.74) is 3.82. The molecule has 3 rings (SSSR count). The molecule has 2 aromatic carbocycles. The van der Waals surface area contributed by atoms with Crippen LogP contribution in [0.2, 0.25) is 0 Å². The number of hydrogen-bond acceptors (Lipinski definition) is 5. The minimum Gasteiger partial charge on any atom is -0.493 e. The Labute approximate surface area is 176 Å². The molecule has 0 fully saturated rings. The minimum absolute atomic E-state index is 0.309. The van der Waals surface area contributed by atoms with Crippen LogP contribution in [0, 0.1) is 5.92 Å². The number of rotatable bonds is 9. The van der Waals surface area contributed by atoms with Crippen molar-refractivity contribution in [2.75, 3.05) is 14.2 Å². The Morgan fingerprint density at radius 3 is 2.59 bits per heavy atom. The fourth-order valence-electron chi connectivity index (χ4n) is 3.74. The monoisotopic (exact) mass is 413 g/mol. The molecule has 1 amide bonds. The summed E-state index contributed by atoms with van der Waals surface area (Å²) in [6.45, 7) is 0. The molecule has 6 heteroatoms. The molecule has 0 saturated heterocycles.